The van der Waals surface area contributed by atoms with Gasteiger partial charge >= 0.3 is 0 Å². The molecule has 3 nitrogen and oxygen atoms in total. The SMILES string of the molecule is c1csc(CNc2nccn2C2CCCCC2)c1. The molecule has 4 heteroatoms. The fourth-order valence-corrected chi connectivity index (χ4v) is 3.33. The Balaban J connectivity index is 1.67. The highest BCUT2D eigenvalue weighted by molar-refractivity contribution is 7.09. The molecule has 96 valence electrons. The molecular weight excluding hydrogens is 242 g/mol. The van der Waals surface area contributed by atoms with Crippen LogP contribution in [0.1, 0.15) is 43.0 Å². The van der Waals surface area contributed by atoms with E-state index in [-0.39, 0.29) is 0 Å². The normalized spacial score (nSPS) is 16.9. The lowest BCUT2D eigenvalue weighted by Gasteiger charge is -2.24. The summed E-state index contributed by atoms with van der Waals surface area (Å²) >= 11 is 1.79. The Hall–Kier alpha value is -1.29. The van der Waals surface area contributed by atoms with E-state index in [1.165, 1.54) is 37.0 Å². The molecule has 2 heterocycles. The van der Waals surface area contributed by atoms with Crippen LogP contribution in [0.3, 0.4) is 0 Å². The zero-order valence-electron chi connectivity index (χ0n) is 10.5. The van der Waals surface area contributed by atoms with E-state index < -0.39 is 0 Å². The van der Waals surface area contributed by atoms with Gasteiger partial charge in [-0.1, -0.05) is 25.3 Å². The standard InChI is InChI=1S/C14H19N3S/c1-2-5-12(6-3-1)17-9-8-15-14(17)16-11-13-7-4-10-18-13/h4,7-10,12H,1-3,5-6,11H2,(H,15,16). The highest BCUT2D eigenvalue weighted by Crippen LogP contribution is 2.30. The number of imidazole rings is 1. The van der Waals surface area contributed by atoms with Crippen LogP contribution < -0.4 is 5.32 Å². The Morgan fingerprint density at radius 1 is 1.33 bits per heavy atom. The van der Waals surface area contributed by atoms with E-state index in [4.69, 9.17) is 0 Å². The van der Waals surface area contributed by atoms with Crippen LogP contribution in [-0.4, -0.2) is 9.55 Å². The summed E-state index contributed by atoms with van der Waals surface area (Å²) in [5, 5.41) is 5.57. The third-order valence-corrected chi connectivity index (χ3v) is 4.51. The van der Waals surface area contributed by atoms with Gasteiger partial charge in [0.1, 0.15) is 0 Å². The molecule has 0 radical (unpaired) electrons. The summed E-state index contributed by atoms with van der Waals surface area (Å²) in [6.07, 6.45) is 10.7. The molecule has 0 spiro atoms. The molecular formula is C14H19N3S. The minimum absolute atomic E-state index is 0.645. The first-order valence-corrected chi connectivity index (χ1v) is 7.60. The molecule has 0 aromatic carbocycles. The number of hydrogen-bond donors (Lipinski definition) is 1. The fraction of sp³-hybridized carbons (Fsp3) is 0.500. The second kappa shape index (κ2) is 5.57. The molecule has 2 aromatic heterocycles. The highest BCUT2D eigenvalue weighted by Gasteiger charge is 2.17. The van der Waals surface area contributed by atoms with Crippen LogP contribution in [0, 0.1) is 0 Å². The van der Waals surface area contributed by atoms with Gasteiger partial charge in [0, 0.05) is 23.3 Å². The summed E-state index contributed by atoms with van der Waals surface area (Å²) in [7, 11) is 0. The van der Waals surface area contributed by atoms with Gasteiger partial charge in [-0.3, -0.25) is 0 Å². The van der Waals surface area contributed by atoms with Crippen molar-refractivity contribution in [3.05, 3.63) is 34.8 Å². The largest absolute Gasteiger partial charge is 0.351 e. The summed E-state index contributed by atoms with van der Waals surface area (Å²) in [5.74, 6) is 1.02. The van der Waals surface area contributed by atoms with E-state index in [9.17, 15) is 0 Å². The van der Waals surface area contributed by atoms with E-state index in [1.807, 2.05) is 6.20 Å². The van der Waals surface area contributed by atoms with Crippen molar-refractivity contribution in [3.8, 4) is 0 Å². The lowest BCUT2D eigenvalue weighted by molar-refractivity contribution is 0.356. The van der Waals surface area contributed by atoms with Gasteiger partial charge < -0.3 is 9.88 Å². The van der Waals surface area contributed by atoms with Gasteiger partial charge in [0.05, 0.1) is 6.54 Å². The molecule has 0 saturated heterocycles. The monoisotopic (exact) mass is 261 g/mol. The highest BCUT2D eigenvalue weighted by atomic mass is 32.1. The Labute approximate surface area is 112 Å². The second-order valence-electron chi connectivity index (χ2n) is 4.88. The quantitative estimate of drug-likeness (QED) is 0.899. The Kier molecular flexibility index (Phi) is 3.64. The van der Waals surface area contributed by atoms with E-state index in [2.05, 4.69) is 38.6 Å². The van der Waals surface area contributed by atoms with Gasteiger partial charge in [0.15, 0.2) is 0 Å². The van der Waals surface area contributed by atoms with Crippen LogP contribution in [0.4, 0.5) is 5.95 Å². The average Bonchev–Trinajstić information content (AvgIpc) is 3.09. The number of aromatic nitrogens is 2. The summed E-state index contributed by atoms with van der Waals surface area (Å²) < 4.78 is 2.33. The Morgan fingerprint density at radius 2 is 2.22 bits per heavy atom. The topological polar surface area (TPSA) is 29.9 Å². The van der Waals surface area contributed by atoms with E-state index in [0.29, 0.717) is 6.04 Å². The van der Waals surface area contributed by atoms with Crippen LogP contribution >= 0.6 is 11.3 Å². The van der Waals surface area contributed by atoms with Crippen molar-refractivity contribution in [2.45, 2.75) is 44.7 Å². The van der Waals surface area contributed by atoms with Gasteiger partial charge in [-0.25, -0.2) is 4.98 Å². The van der Waals surface area contributed by atoms with Crippen LogP contribution in [0.25, 0.3) is 0 Å². The summed E-state index contributed by atoms with van der Waals surface area (Å²) in [4.78, 5) is 5.80. The van der Waals surface area contributed by atoms with Crippen molar-refractivity contribution >= 4 is 17.3 Å². The summed E-state index contributed by atoms with van der Waals surface area (Å²) in [5.41, 5.74) is 0. The maximum Gasteiger partial charge on any atom is 0.203 e. The summed E-state index contributed by atoms with van der Waals surface area (Å²) in [6, 6.07) is 4.90. The number of hydrogen-bond acceptors (Lipinski definition) is 3. The predicted octanol–water partition coefficient (Wildman–Crippen LogP) is 4.06. The maximum atomic E-state index is 4.45. The minimum atomic E-state index is 0.645. The van der Waals surface area contributed by atoms with Crippen LogP contribution in [0.5, 0.6) is 0 Å². The molecule has 18 heavy (non-hydrogen) atoms. The van der Waals surface area contributed by atoms with Gasteiger partial charge in [-0.2, -0.15) is 0 Å². The minimum Gasteiger partial charge on any atom is -0.351 e. The molecule has 3 rings (SSSR count). The van der Waals surface area contributed by atoms with Gasteiger partial charge in [-0.05, 0) is 24.3 Å². The molecule has 1 N–H and O–H groups in total. The van der Waals surface area contributed by atoms with Gasteiger partial charge in [0.2, 0.25) is 5.95 Å². The molecule has 1 aliphatic rings. The average molecular weight is 261 g/mol. The first-order valence-electron chi connectivity index (χ1n) is 6.72. The molecule has 0 atom stereocenters. The van der Waals surface area contributed by atoms with Crippen molar-refractivity contribution in [3.63, 3.8) is 0 Å². The third kappa shape index (κ3) is 2.58. The van der Waals surface area contributed by atoms with E-state index in [0.717, 1.165) is 12.5 Å². The van der Waals surface area contributed by atoms with Crippen LogP contribution in [0.15, 0.2) is 29.9 Å². The molecule has 2 aromatic rings. The smallest absolute Gasteiger partial charge is 0.203 e. The van der Waals surface area contributed by atoms with Crippen LogP contribution in [-0.2, 0) is 6.54 Å². The Bertz CT molecular complexity index is 469. The molecule has 0 amide bonds. The van der Waals surface area contributed by atoms with E-state index in [1.54, 1.807) is 11.3 Å². The first kappa shape index (κ1) is 11.8. The van der Waals surface area contributed by atoms with Crippen molar-refractivity contribution in [1.82, 2.24) is 9.55 Å². The van der Waals surface area contributed by atoms with Crippen molar-refractivity contribution in [1.29, 1.82) is 0 Å². The molecule has 0 aliphatic heterocycles. The number of anilines is 1. The zero-order chi connectivity index (χ0) is 12.2. The lowest BCUT2D eigenvalue weighted by Crippen LogP contribution is -2.15. The molecule has 0 bridgehead atoms. The fourth-order valence-electron chi connectivity index (χ4n) is 2.68. The van der Waals surface area contributed by atoms with Crippen LogP contribution in [0.2, 0.25) is 0 Å². The third-order valence-electron chi connectivity index (χ3n) is 3.64. The van der Waals surface area contributed by atoms with Crippen molar-refractivity contribution in [2.75, 3.05) is 5.32 Å². The number of nitrogens with one attached hydrogen (secondary N) is 1. The second-order valence-corrected chi connectivity index (χ2v) is 5.92. The number of thiophene rings is 1. The van der Waals surface area contributed by atoms with E-state index >= 15 is 0 Å². The number of rotatable bonds is 4. The lowest BCUT2D eigenvalue weighted by atomic mass is 9.95. The van der Waals surface area contributed by atoms with Crippen molar-refractivity contribution in [2.24, 2.45) is 0 Å². The molecule has 1 fully saturated rings. The Morgan fingerprint density at radius 3 is 3.00 bits per heavy atom. The maximum absolute atomic E-state index is 4.45. The number of nitrogens with zero attached hydrogens (tertiary/aromatic N) is 2. The van der Waals surface area contributed by atoms with Gasteiger partial charge in [-0.15, -0.1) is 11.3 Å². The summed E-state index contributed by atoms with van der Waals surface area (Å²) in [6.45, 7) is 0.876. The molecule has 0 unspecified atom stereocenters. The van der Waals surface area contributed by atoms with Crippen molar-refractivity contribution < 1.29 is 0 Å². The zero-order valence-corrected chi connectivity index (χ0v) is 11.3. The molecule has 1 aliphatic carbocycles. The van der Waals surface area contributed by atoms with Gasteiger partial charge in [0.25, 0.3) is 0 Å². The molecule has 1 saturated carbocycles. The first-order chi connectivity index (χ1) is 8.93. The predicted molar refractivity (Wildman–Crippen MR) is 76.0 cm³/mol.